The van der Waals surface area contributed by atoms with Crippen molar-refractivity contribution in [3.63, 3.8) is 0 Å². The van der Waals surface area contributed by atoms with E-state index in [1.807, 2.05) is 19.3 Å². The van der Waals surface area contributed by atoms with E-state index in [9.17, 15) is 0 Å². The van der Waals surface area contributed by atoms with Crippen molar-refractivity contribution >= 4 is 11.8 Å². The summed E-state index contributed by atoms with van der Waals surface area (Å²) in [6.45, 7) is 13.7. The highest BCUT2D eigenvalue weighted by Gasteiger charge is 2.21. The summed E-state index contributed by atoms with van der Waals surface area (Å²) in [4.78, 5) is 18.9. The Morgan fingerprint density at radius 3 is 2.22 bits per heavy atom. The van der Waals surface area contributed by atoms with Gasteiger partial charge in [0.25, 0.3) is 0 Å². The lowest BCUT2D eigenvalue weighted by atomic mass is 10.1. The van der Waals surface area contributed by atoms with Crippen LogP contribution in [-0.4, -0.2) is 91.6 Å². The molecule has 2 aliphatic heterocycles. The molecule has 3 heterocycles. The lowest BCUT2D eigenvalue weighted by molar-refractivity contribution is 0.131. The Kier molecular flexibility index (Phi) is 7.96. The third-order valence-electron chi connectivity index (χ3n) is 6.63. The summed E-state index contributed by atoms with van der Waals surface area (Å²) in [7, 11) is 1.88. The Morgan fingerprint density at radius 2 is 1.56 bits per heavy atom. The van der Waals surface area contributed by atoms with E-state index in [-0.39, 0.29) is 0 Å². The number of benzene rings is 1. The minimum atomic E-state index is 0.804. The number of piperazine rings is 2. The van der Waals surface area contributed by atoms with Gasteiger partial charge in [-0.05, 0) is 29.8 Å². The van der Waals surface area contributed by atoms with Crippen molar-refractivity contribution in [2.24, 2.45) is 4.99 Å². The minimum absolute atomic E-state index is 0.804. The van der Waals surface area contributed by atoms with Crippen LogP contribution in [0, 0.1) is 0 Å². The second-order valence-corrected chi connectivity index (χ2v) is 8.54. The molecule has 0 amide bonds. The van der Waals surface area contributed by atoms with Crippen LogP contribution in [0.4, 0.5) is 5.82 Å². The van der Waals surface area contributed by atoms with Gasteiger partial charge in [0.2, 0.25) is 0 Å². The molecule has 172 valence electrons. The van der Waals surface area contributed by atoms with E-state index in [2.05, 4.69) is 78.2 Å². The highest BCUT2D eigenvalue weighted by atomic mass is 15.4. The number of rotatable bonds is 6. The average molecular weight is 436 g/mol. The second kappa shape index (κ2) is 11.3. The normalized spacial score (nSPS) is 18.8. The predicted molar refractivity (Wildman–Crippen MR) is 132 cm³/mol. The van der Waals surface area contributed by atoms with Crippen molar-refractivity contribution in [1.29, 1.82) is 0 Å². The Hall–Kier alpha value is -2.64. The number of aliphatic imine (C=N–C) groups is 1. The monoisotopic (exact) mass is 435 g/mol. The van der Waals surface area contributed by atoms with Crippen LogP contribution >= 0.6 is 0 Å². The van der Waals surface area contributed by atoms with E-state index in [4.69, 9.17) is 0 Å². The summed E-state index contributed by atoms with van der Waals surface area (Å²) in [6, 6.07) is 14.9. The zero-order valence-corrected chi connectivity index (χ0v) is 19.6. The minimum Gasteiger partial charge on any atom is -0.353 e. The van der Waals surface area contributed by atoms with Crippen molar-refractivity contribution in [2.75, 3.05) is 70.9 Å². The van der Waals surface area contributed by atoms with Crippen LogP contribution in [-0.2, 0) is 13.1 Å². The highest BCUT2D eigenvalue weighted by molar-refractivity contribution is 5.80. The number of nitrogens with zero attached hydrogens (tertiary/aromatic N) is 6. The molecule has 0 radical (unpaired) electrons. The van der Waals surface area contributed by atoms with Gasteiger partial charge in [-0.3, -0.25) is 9.89 Å². The topological polar surface area (TPSA) is 50.2 Å². The van der Waals surface area contributed by atoms with Gasteiger partial charge < -0.3 is 20.0 Å². The Morgan fingerprint density at radius 1 is 0.875 bits per heavy atom. The predicted octanol–water partition coefficient (Wildman–Crippen LogP) is 2.12. The number of pyridine rings is 1. The fourth-order valence-electron chi connectivity index (χ4n) is 4.58. The summed E-state index contributed by atoms with van der Waals surface area (Å²) in [5.41, 5.74) is 2.78. The number of nitrogens with one attached hydrogen (secondary N) is 1. The molecule has 0 atom stereocenters. The van der Waals surface area contributed by atoms with Gasteiger partial charge in [0, 0.05) is 78.7 Å². The Labute approximate surface area is 192 Å². The Bertz CT molecular complexity index is 854. The number of aromatic nitrogens is 1. The first-order valence-electron chi connectivity index (χ1n) is 11.9. The molecule has 2 aliphatic rings. The van der Waals surface area contributed by atoms with Gasteiger partial charge in [-0.2, -0.15) is 0 Å². The molecule has 7 heteroatoms. The number of guanidine groups is 1. The smallest absolute Gasteiger partial charge is 0.194 e. The number of likely N-dealkylation sites (N-methyl/N-ethyl adjacent to an activating group) is 1. The highest BCUT2D eigenvalue weighted by Crippen LogP contribution is 2.15. The molecule has 0 aliphatic carbocycles. The first-order chi connectivity index (χ1) is 15.8. The van der Waals surface area contributed by atoms with E-state index in [0.29, 0.717) is 0 Å². The van der Waals surface area contributed by atoms with E-state index in [0.717, 1.165) is 70.7 Å². The van der Waals surface area contributed by atoms with E-state index in [1.54, 1.807) is 0 Å². The molecule has 32 heavy (non-hydrogen) atoms. The maximum atomic E-state index is 4.57. The van der Waals surface area contributed by atoms with Crippen molar-refractivity contribution < 1.29 is 0 Å². The van der Waals surface area contributed by atoms with Crippen molar-refractivity contribution in [2.45, 2.75) is 20.0 Å². The standard InChI is InChI=1S/C25H37N7/c1-3-29-12-14-30(15-13-29)21-23-9-5-4-8-22(23)20-28-25(26-2)32-18-16-31(17-19-32)24-10-6-7-11-27-24/h4-11H,3,12-21H2,1-2H3,(H,26,28). The van der Waals surface area contributed by atoms with Crippen LogP contribution < -0.4 is 10.2 Å². The van der Waals surface area contributed by atoms with Crippen LogP contribution in [0.25, 0.3) is 0 Å². The van der Waals surface area contributed by atoms with Gasteiger partial charge in [-0.1, -0.05) is 37.3 Å². The maximum Gasteiger partial charge on any atom is 0.194 e. The zero-order chi connectivity index (χ0) is 22.2. The molecule has 0 saturated carbocycles. The first kappa shape index (κ1) is 22.6. The fraction of sp³-hybridized carbons (Fsp3) is 0.520. The maximum absolute atomic E-state index is 4.57. The molecule has 1 aromatic heterocycles. The fourth-order valence-corrected chi connectivity index (χ4v) is 4.58. The van der Waals surface area contributed by atoms with Crippen LogP contribution in [0.3, 0.4) is 0 Å². The van der Waals surface area contributed by atoms with E-state index < -0.39 is 0 Å². The van der Waals surface area contributed by atoms with Crippen LogP contribution in [0.5, 0.6) is 0 Å². The van der Waals surface area contributed by atoms with E-state index >= 15 is 0 Å². The molecule has 0 spiro atoms. The molecule has 0 bridgehead atoms. The molecule has 1 aromatic carbocycles. The summed E-state index contributed by atoms with van der Waals surface area (Å²) in [5, 5.41) is 3.62. The lowest BCUT2D eigenvalue weighted by Gasteiger charge is -2.37. The molecule has 7 nitrogen and oxygen atoms in total. The average Bonchev–Trinajstić information content (AvgIpc) is 2.87. The molecule has 1 N–H and O–H groups in total. The lowest BCUT2D eigenvalue weighted by Crippen LogP contribution is -2.52. The van der Waals surface area contributed by atoms with Gasteiger partial charge in [0.1, 0.15) is 5.82 Å². The van der Waals surface area contributed by atoms with Gasteiger partial charge in [-0.15, -0.1) is 0 Å². The zero-order valence-electron chi connectivity index (χ0n) is 19.6. The summed E-state index contributed by atoms with van der Waals surface area (Å²) in [6.07, 6.45) is 1.86. The number of hydrogen-bond donors (Lipinski definition) is 1. The number of hydrogen-bond acceptors (Lipinski definition) is 5. The van der Waals surface area contributed by atoms with Gasteiger partial charge in [0.15, 0.2) is 5.96 Å². The largest absolute Gasteiger partial charge is 0.353 e. The molecule has 2 aromatic rings. The van der Waals surface area contributed by atoms with Crippen molar-refractivity contribution in [3.05, 3.63) is 59.8 Å². The van der Waals surface area contributed by atoms with Crippen molar-refractivity contribution in [3.8, 4) is 0 Å². The third kappa shape index (κ3) is 5.78. The van der Waals surface area contributed by atoms with Crippen LogP contribution in [0.2, 0.25) is 0 Å². The van der Waals surface area contributed by atoms with Crippen LogP contribution in [0.1, 0.15) is 18.1 Å². The molecular formula is C25H37N7. The first-order valence-corrected chi connectivity index (χ1v) is 11.9. The van der Waals surface area contributed by atoms with Crippen molar-refractivity contribution in [1.82, 2.24) is 25.0 Å². The molecule has 0 unspecified atom stereocenters. The third-order valence-corrected chi connectivity index (χ3v) is 6.63. The van der Waals surface area contributed by atoms with Gasteiger partial charge in [-0.25, -0.2) is 4.98 Å². The molecule has 4 rings (SSSR count). The SMILES string of the molecule is CCN1CCN(Cc2ccccc2CNC(=NC)N2CCN(c3ccccn3)CC2)CC1. The molecule has 2 saturated heterocycles. The summed E-state index contributed by atoms with van der Waals surface area (Å²) < 4.78 is 0. The molecule has 2 fully saturated rings. The second-order valence-electron chi connectivity index (χ2n) is 8.54. The quantitative estimate of drug-likeness (QED) is 0.554. The summed E-state index contributed by atoms with van der Waals surface area (Å²) >= 11 is 0. The summed E-state index contributed by atoms with van der Waals surface area (Å²) in [5.74, 6) is 2.04. The van der Waals surface area contributed by atoms with Crippen LogP contribution in [0.15, 0.2) is 53.7 Å². The van der Waals surface area contributed by atoms with E-state index in [1.165, 1.54) is 24.2 Å². The number of anilines is 1. The molecular weight excluding hydrogens is 398 g/mol. The van der Waals surface area contributed by atoms with Gasteiger partial charge in [0.05, 0.1) is 0 Å². The Balaban J connectivity index is 1.30. The van der Waals surface area contributed by atoms with Gasteiger partial charge >= 0.3 is 0 Å².